The van der Waals surface area contributed by atoms with E-state index in [1.807, 2.05) is 31.0 Å². The second-order valence-corrected chi connectivity index (χ2v) is 7.94. The Hall–Kier alpha value is -0.760. The van der Waals surface area contributed by atoms with Gasteiger partial charge in [-0.15, -0.1) is 11.8 Å². The number of thioether (sulfide) groups is 1. The summed E-state index contributed by atoms with van der Waals surface area (Å²) in [6, 6.07) is 0. The summed E-state index contributed by atoms with van der Waals surface area (Å²) in [5, 5.41) is 0. The Labute approximate surface area is 149 Å². The van der Waals surface area contributed by atoms with Crippen LogP contribution in [0.25, 0.3) is 0 Å². The second-order valence-electron chi connectivity index (χ2n) is 5.81. The summed E-state index contributed by atoms with van der Waals surface area (Å²) < 4.78 is 1.09. The fraction of sp³-hybridized carbons (Fsp3) is 0.500. The van der Waals surface area contributed by atoms with Crippen molar-refractivity contribution in [3.8, 4) is 0 Å². The number of hydrogen-bond donors (Lipinski definition) is 0. The Bertz CT molecular complexity index is 603. The van der Waals surface area contributed by atoms with Gasteiger partial charge in [0.05, 0.1) is 0 Å². The van der Waals surface area contributed by atoms with Crippen LogP contribution in [-0.4, -0.2) is 26.2 Å². The Morgan fingerprint density at radius 1 is 0.955 bits per heavy atom. The maximum Gasteiger partial charge on any atom is 0.128 e. The third-order valence-electron chi connectivity index (χ3n) is 4.18. The van der Waals surface area contributed by atoms with Gasteiger partial charge in [-0.05, 0) is 59.9 Å². The topological polar surface area (TPSA) is 51.6 Å². The van der Waals surface area contributed by atoms with Crippen LogP contribution in [0.15, 0.2) is 29.7 Å². The molecular weight excluding hydrogens is 407 g/mol. The number of nitrogens with zero attached hydrogens (tertiary/aromatic N) is 4. The summed E-state index contributed by atoms with van der Waals surface area (Å²) >= 11 is 3.92. The van der Waals surface area contributed by atoms with Crippen LogP contribution >= 0.6 is 34.4 Å². The molecule has 3 rings (SSSR count). The average Bonchev–Trinajstić information content (AvgIpc) is 2.97. The van der Waals surface area contributed by atoms with Crippen molar-refractivity contribution in [1.82, 2.24) is 19.9 Å². The fourth-order valence-electron chi connectivity index (χ4n) is 3.06. The van der Waals surface area contributed by atoms with Crippen LogP contribution in [0.2, 0.25) is 0 Å². The summed E-state index contributed by atoms with van der Waals surface area (Å²) in [5.74, 6) is 3.37. The molecule has 0 saturated heterocycles. The largest absolute Gasteiger partial charge is 0.240 e. The maximum atomic E-state index is 4.47. The van der Waals surface area contributed by atoms with Gasteiger partial charge < -0.3 is 0 Å². The first-order chi connectivity index (χ1) is 10.7. The van der Waals surface area contributed by atoms with Crippen LogP contribution in [0.1, 0.15) is 30.9 Å². The summed E-state index contributed by atoms with van der Waals surface area (Å²) in [4.78, 5) is 18.9. The summed E-state index contributed by atoms with van der Waals surface area (Å²) in [6.45, 7) is 0. The van der Waals surface area contributed by atoms with Crippen LogP contribution in [0.3, 0.4) is 0 Å². The molecule has 4 nitrogen and oxygen atoms in total. The minimum atomic E-state index is 0.703. The quantitative estimate of drug-likeness (QED) is 0.538. The molecule has 1 fully saturated rings. The third kappa shape index (κ3) is 4.38. The lowest BCUT2D eigenvalue weighted by molar-refractivity contribution is 0.472. The lowest BCUT2D eigenvalue weighted by Crippen LogP contribution is -2.07. The van der Waals surface area contributed by atoms with Crippen LogP contribution in [0.5, 0.6) is 0 Å². The van der Waals surface area contributed by atoms with Crippen molar-refractivity contribution in [2.24, 2.45) is 11.8 Å². The molecule has 22 heavy (non-hydrogen) atoms. The Kier molecular flexibility index (Phi) is 5.62. The molecule has 1 saturated carbocycles. The van der Waals surface area contributed by atoms with Gasteiger partial charge in [0.15, 0.2) is 0 Å². The molecule has 0 aromatic carbocycles. The summed E-state index contributed by atoms with van der Waals surface area (Å²) in [5.41, 5.74) is 0. The lowest BCUT2D eigenvalue weighted by Gasteiger charge is -2.10. The first-order valence-electron chi connectivity index (χ1n) is 7.54. The Morgan fingerprint density at radius 2 is 1.45 bits per heavy atom. The molecular formula is C16H19IN4S. The van der Waals surface area contributed by atoms with Crippen LogP contribution < -0.4 is 0 Å². The van der Waals surface area contributed by atoms with Gasteiger partial charge in [-0.1, -0.05) is 0 Å². The molecule has 0 N–H and O–H groups in total. The summed E-state index contributed by atoms with van der Waals surface area (Å²) in [6.07, 6.45) is 15.5. The normalized spacial score (nSPS) is 21.2. The van der Waals surface area contributed by atoms with Crippen molar-refractivity contribution in [1.29, 1.82) is 0 Å². The minimum absolute atomic E-state index is 0.703. The zero-order valence-corrected chi connectivity index (χ0v) is 15.5. The highest BCUT2D eigenvalue weighted by atomic mass is 127. The van der Waals surface area contributed by atoms with E-state index in [2.05, 4.69) is 42.5 Å². The Balaban J connectivity index is 1.52. The van der Waals surface area contributed by atoms with Crippen molar-refractivity contribution in [2.75, 3.05) is 6.26 Å². The number of halogens is 1. The van der Waals surface area contributed by atoms with Gasteiger partial charge in [0.25, 0.3) is 0 Å². The molecule has 1 aliphatic rings. The predicted octanol–water partition coefficient (Wildman–Crippen LogP) is 3.79. The van der Waals surface area contributed by atoms with E-state index >= 15 is 0 Å². The van der Waals surface area contributed by atoms with E-state index in [1.54, 1.807) is 11.8 Å². The number of hydrogen-bond acceptors (Lipinski definition) is 5. The molecule has 2 atom stereocenters. The molecule has 1 aliphatic carbocycles. The summed E-state index contributed by atoms with van der Waals surface area (Å²) in [7, 11) is 0. The van der Waals surface area contributed by atoms with Crippen molar-refractivity contribution in [3.63, 3.8) is 0 Å². The standard InChI is InChI=1S/C16H19IN4S/c1-22-14-9-20-16(21-10-14)6-12-3-2-11(4-12)5-15-18-7-13(17)8-19-15/h7-12H,2-6H2,1H3/t11-,12-/m0/s1. The molecule has 0 aliphatic heterocycles. The number of aromatic nitrogens is 4. The van der Waals surface area contributed by atoms with Crippen LogP contribution in [0.4, 0.5) is 0 Å². The van der Waals surface area contributed by atoms with Crippen molar-refractivity contribution < 1.29 is 0 Å². The fourth-order valence-corrected chi connectivity index (χ4v) is 3.66. The zero-order chi connectivity index (χ0) is 15.4. The zero-order valence-electron chi connectivity index (χ0n) is 12.6. The molecule has 0 unspecified atom stereocenters. The molecule has 6 heteroatoms. The highest BCUT2D eigenvalue weighted by Crippen LogP contribution is 2.34. The van der Waals surface area contributed by atoms with Gasteiger partial charge in [-0.3, -0.25) is 0 Å². The van der Waals surface area contributed by atoms with Gasteiger partial charge in [-0.2, -0.15) is 0 Å². The van der Waals surface area contributed by atoms with E-state index in [0.29, 0.717) is 11.8 Å². The molecule has 2 aromatic rings. The predicted molar refractivity (Wildman–Crippen MR) is 96.8 cm³/mol. The van der Waals surface area contributed by atoms with Crippen LogP contribution in [0, 0.1) is 15.4 Å². The SMILES string of the molecule is CSc1cnc(C[C@H]2CC[C@H](Cc3ncc(I)cn3)C2)nc1. The van der Waals surface area contributed by atoms with Crippen molar-refractivity contribution in [3.05, 3.63) is 40.0 Å². The highest BCUT2D eigenvalue weighted by molar-refractivity contribution is 14.1. The second kappa shape index (κ2) is 7.68. The first kappa shape index (κ1) is 16.1. The Morgan fingerprint density at radius 3 is 1.95 bits per heavy atom. The minimum Gasteiger partial charge on any atom is -0.240 e. The van der Waals surface area contributed by atoms with E-state index < -0.39 is 0 Å². The van der Waals surface area contributed by atoms with Gasteiger partial charge in [-0.25, -0.2) is 19.9 Å². The van der Waals surface area contributed by atoms with Crippen LogP contribution in [-0.2, 0) is 12.8 Å². The monoisotopic (exact) mass is 426 g/mol. The average molecular weight is 426 g/mol. The molecule has 2 heterocycles. The first-order valence-corrected chi connectivity index (χ1v) is 9.84. The maximum absolute atomic E-state index is 4.47. The van der Waals surface area contributed by atoms with E-state index in [0.717, 1.165) is 33.0 Å². The van der Waals surface area contributed by atoms with Gasteiger partial charge in [0.2, 0.25) is 0 Å². The molecule has 0 radical (unpaired) electrons. The highest BCUT2D eigenvalue weighted by Gasteiger charge is 2.26. The smallest absolute Gasteiger partial charge is 0.128 e. The molecule has 2 aromatic heterocycles. The third-order valence-corrected chi connectivity index (χ3v) is 5.42. The van der Waals surface area contributed by atoms with E-state index in [-0.39, 0.29) is 0 Å². The van der Waals surface area contributed by atoms with E-state index in [4.69, 9.17) is 0 Å². The molecule has 116 valence electrons. The van der Waals surface area contributed by atoms with Gasteiger partial charge >= 0.3 is 0 Å². The number of rotatable bonds is 5. The lowest BCUT2D eigenvalue weighted by atomic mass is 9.99. The molecule has 0 spiro atoms. The van der Waals surface area contributed by atoms with E-state index in [9.17, 15) is 0 Å². The van der Waals surface area contributed by atoms with Crippen molar-refractivity contribution >= 4 is 34.4 Å². The molecule has 0 amide bonds. The van der Waals surface area contributed by atoms with Gasteiger partial charge in [0, 0.05) is 46.1 Å². The van der Waals surface area contributed by atoms with E-state index in [1.165, 1.54) is 19.3 Å². The van der Waals surface area contributed by atoms with Gasteiger partial charge in [0.1, 0.15) is 11.6 Å². The molecule has 0 bridgehead atoms. The van der Waals surface area contributed by atoms with Crippen molar-refractivity contribution in [2.45, 2.75) is 37.0 Å².